The van der Waals surface area contributed by atoms with E-state index in [4.69, 9.17) is 10.5 Å². The Morgan fingerprint density at radius 2 is 1.95 bits per heavy atom. The minimum Gasteiger partial charge on any atom is -0.494 e. The van der Waals surface area contributed by atoms with Crippen LogP contribution < -0.4 is 21.3 Å². The van der Waals surface area contributed by atoms with Crippen molar-refractivity contribution in [3.63, 3.8) is 0 Å². The van der Waals surface area contributed by atoms with E-state index in [9.17, 15) is 9.18 Å². The number of urea groups is 1. The molecule has 0 saturated carbocycles. The van der Waals surface area contributed by atoms with Gasteiger partial charge in [0.1, 0.15) is 5.75 Å². The first-order valence-corrected chi connectivity index (χ1v) is 6.84. The van der Waals surface area contributed by atoms with E-state index in [1.54, 1.807) is 12.1 Å². The van der Waals surface area contributed by atoms with Crippen LogP contribution in [0.4, 0.5) is 14.9 Å². The molecule has 0 atom stereocenters. The number of carbonyl (C=O) groups is 1. The Hall–Kier alpha value is -2.50. The highest BCUT2D eigenvalue weighted by atomic mass is 19.1. The van der Waals surface area contributed by atoms with Crippen LogP contribution in [-0.4, -0.2) is 20.4 Å². The van der Waals surface area contributed by atoms with Crippen LogP contribution in [0.25, 0.3) is 0 Å². The number of primary amides is 1. The maximum Gasteiger partial charge on any atom is 0.316 e. The maximum absolute atomic E-state index is 14.0. The second-order valence-electron chi connectivity index (χ2n) is 4.85. The maximum atomic E-state index is 14.0. The molecule has 0 saturated heterocycles. The summed E-state index contributed by atoms with van der Waals surface area (Å²) in [6.07, 6.45) is 0.582. The summed E-state index contributed by atoms with van der Waals surface area (Å²) in [5, 5.41) is 2.50. The summed E-state index contributed by atoms with van der Waals surface area (Å²) in [7, 11) is 3.26. The van der Waals surface area contributed by atoms with E-state index in [2.05, 4.69) is 5.32 Å². The fourth-order valence-corrected chi connectivity index (χ4v) is 2.29. The molecule has 2 aromatic carbocycles. The summed E-state index contributed by atoms with van der Waals surface area (Å²) < 4.78 is 19.1. The first kappa shape index (κ1) is 15.9. The van der Waals surface area contributed by atoms with Crippen LogP contribution in [0.1, 0.15) is 11.1 Å². The lowest BCUT2D eigenvalue weighted by atomic mass is 9.72. The van der Waals surface area contributed by atoms with Crippen molar-refractivity contribution >= 4 is 24.5 Å². The van der Waals surface area contributed by atoms with Crippen molar-refractivity contribution in [2.45, 2.75) is 13.2 Å². The molecule has 4 nitrogen and oxygen atoms in total. The van der Waals surface area contributed by atoms with Gasteiger partial charge in [0.15, 0.2) is 13.1 Å². The third-order valence-corrected chi connectivity index (χ3v) is 3.28. The van der Waals surface area contributed by atoms with Crippen molar-refractivity contribution in [3.05, 3.63) is 53.3 Å². The quantitative estimate of drug-likeness (QED) is 0.832. The average Bonchev–Trinajstić information content (AvgIpc) is 2.48. The van der Waals surface area contributed by atoms with E-state index in [-0.39, 0.29) is 11.6 Å². The number of halogens is 1. The molecule has 2 aromatic rings. The van der Waals surface area contributed by atoms with Crippen LogP contribution in [0.3, 0.4) is 0 Å². The predicted molar refractivity (Wildman–Crippen MR) is 86.7 cm³/mol. The molecular formula is C16H17BFN2O2. The lowest BCUT2D eigenvalue weighted by Crippen LogP contribution is -2.19. The fraction of sp³-hybridized carbons (Fsp3) is 0.188. The van der Waals surface area contributed by atoms with Gasteiger partial charge in [0.2, 0.25) is 0 Å². The molecule has 2 amide bonds. The summed E-state index contributed by atoms with van der Waals surface area (Å²) in [6.45, 7) is 1.84. The summed E-state index contributed by atoms with van der Waals surface area (Å²) in [5.74, 6) is -0.118. The second-order valence-corrected chi connectivity index (χ2v) is 4.85. The van der Waals surface area contributed by atoms with Gasteiger partial charge in [0.05, 0.1) is 7.11 Å². The van der Waals surface area contributed by atoms with Crippen LogP contribution in [0.5, 0.6) is 5.75 Å². The van der Waals surface area contributed by atoms with Crippen molar-refractivity contribution in [1.29, 1.82) is 0 Å². The van der Waals surface area contributed by atoms with Crippen molar-refractivity contribution < 1.29 is 13.9 Å². The molecular weight excluding hydrogens is 282 g/mol. The summed E-state index contributed by atoms with van der Waals surface area (Å²) in [6, 6.07) is 10.0. The minimum absolute atomic E-state index is 0.257. The van der Waals surface area contributed by atoms with E-state index in [1.165, 1.54) is 13.2 Å². The van der Waals surface area contributed by atoms with Crippen molar-refractivity contribution in [2.75, 3.05) is 12.4 Å². The zero-order chi connectivity index (χ0) is 16.1. The van der Waals surface area contributed by atoms with Crippen LogP contribution in [0.2, 0.25) is 6.82 Å². The molecule has 22 heavy (non-hydrogen) atoms. The standard InChI is InChI=1S/C16H17BFN2O2/c1-17-13-8-11(9-14(18)15(13)22-2)7-10-3-5-12(6-4-10)20-16(19)21/h3-6,8-9H,7H2,1-2H3,(H3,19,20,21). The molecule has 0 heterocycles. The van der Waals surface area contributed by atoms with Crippen LogP contribution in [0, 0.1) is 5.82 Å². The number of benzene rings is 2. The van der Waals surface area contributed by atoms with Crippen molar-refractivity contribution in [3.8, 4) is 5.75 Å². The molecule has 2 rings (SSSR count). The van der Waals surface area contributed by atoms with Gasteiger partial charge in [-0.25, -0.2) is 9.18 Å². The lowest BCUT2D eigenvalue weighted by molar-refractivity contribution is 0.259. The van der Waals surface area contributed by atoms with Crippen LogP contribution in [0.15, 0.2) is 36.4 Å². The zero-order valence-corrected chi connectivity index (χ0v) is 12.5. The summed E-state index contributed by atoms with van der Waals surface area (Å²) in [4.78, 5) is 10.8. The van der Waals surface area contributed by atoms with Gasteiger partial charge < -0.3 is 15.8 Å². The van der Waals surface area contributed by atoms with Gasteiger partial charge >= 0.3 is 6.03 Å². The Labute approximate surface area is 129 Å². The summed E-state index contributed by atoms with van der Waals surface area (Å²) in [5.41, 5.74) is 8.26. The Balaban J connectivity index is 2.20. The highest BCUT2D eigenvalue weighted by Crippen LogP contribution is 2.19. The number of hydrogen-bond donors (Lipinski definition) is 2. The summed E-state index contributed by atoms with van der Waals surface area (Å²) >= 11 is 0. The number of ether oxygens (including phenoxy) is 1. The molecule has 113 valence electrons. The molecule has 0 bridgehead atoms. The highest BCUT2D eigenvalue weighted by Gasteiger charge is 2.11. The van der Waals surface area contributed by atoms with E-state index >= 15 is 0 Å². The number of nitrogens with two attached hydrogens (primary N) is 1. The number of nitrogens with one attached hydrogen (secondary N) is 1. The van der Waals surface area contributed by atoms with Gasteiger partial charge in [0.25, 0.3) is 0 Å². The van der Waals surface area contributed by atoms with E-state index in [1.807, 2.05) is 32.3 Å². The molecule has 0 unspecified atom stereocenters. The highest BCUT2D eigenvalue weighted by molar-refractivity contribution is 6.53. The number of carbonyl (C=O) groups excluding carboxylic acids is 1. The van der Waals surface area contributed by atoms with Crippen molar-refractivity contribution in [1.82, 2.24) is 0 Å². The molecule has 3 N–H and O–H groups in total. The number of amides is 2. The molecule has 0 fully saturated rings. The monoisotopic (exact) mass is 299 g/mol. The third-order valence-electron chi connectivity index (χ3n) is 3.28. The molecule has 0 spiro atoms. The second kappa shape index (κ2) is 6.98. The third kappa shape index (κ3) is 3.78. The Morgan fingerprint density at radius 1 is 1.27 bits per heavy atom. The van der Waals surface area contributed by atoms with Crippen molar-refractivity contribution in [2.24, 2.45) is 5.73 Å². The largest absolute Gasteiger partial charge is 0.494 e. The van der Waals surface area contributed by atoms with Gasteiger partial charge in [-0.2, -0.15) is 0 Å². The van der Waals surface area contributed by atoms with Gasteiger partial charge in [-0.1, -0.05) is 25.0 Å². The first-order chi connectivity index (χ1) is 10.5. The van der Waals surface area contributed by atoms with Gasteiger partial charge in [-0.3, -0.25) is 0 Å². The molecule has 0 aliphatic rings. The Bertz CT molecular complexity index is 675. The SMILES string of the molecule is C[B]c1cc(Cc2ccc(NC(N)=O)cc2)cc(F)c1OC. The Kier molecular flexibility index (Phi) is 5.04. The fourth-order valence-electron chi connectivity index (χ4n) is 2.29. The molecule has 6 heteroatoms. The first-order valence-electron chi connectivity index (χ1n) is 6.84. The smallest absolute Gasteiger partial charge is 0.316 e. The van der Waals surface area contributed by atoms with Crippen LogP contribution >= 0.6 is 0 Å². The molecule has 1 radical (unpaired) electrons. The van der Waals surface area contributed by atoms with E-state index in [0.29, 0.717) is 12.1 Å². The van der Waals surface area contributed by atoms with Gasteiger partial charge in [-0.15, -0.1) is 0 Å². The predicted octanol–water partition coefficient (Wildman–Crippen LogP) is 2.29. The number of methoxy groups -OCH3 is 1. The molecule has 0 aliphatic carbocycles. The van der Waals surface area contributed by atoms with Gasteiger partial charge in [-0.05, 0) is 41.2 Å². The number of rotatable bonds is 5. The molecule has 0 aliphatic heterocycles. The number of hydrogen-bond acceptors (Lipinski definition) is 2. The minimum atomic E-state index is -0.604. The average molecular weight is 299 g/mol. The number of anilines is 1. The topological polar surface area (TPSA) is 64.3 Å². The van der Waals surface area contributed by atoms with Crippen LogP contribution in [-0.2, 0) is 6.42 Å². The lowest BCUT2D eigenvalue weighted by Gasteiger charge is -2.11. The van der Waals surface area contributed by atoms with Gasteiger partial charge in [0, 0.05) is 5.69 Å². The zero-order valence-electron chi connectivity index (χ0n) is 12.5. The molecule has 0 aromatic heterocycles. The normalized spacial score (nSPS) is 10.1. The van der Waals surface area contributed by atoms with E-state index in [0.717, 1.165) is 16.6 Å². The Morgan fingerprint density at radius 3 is 2.50 bits per heavy atom. The van der Waals surface area contributed by atoms with E-state index < -0.39 is 6.03 Å².